The van der Waals surface area contributed by atoms with E-state index in [0.29, 0.717) is 33.7 Å². The largest absolute Gasteiger partial charge is 0.465 e. The average molecular weight is 382 g/mol. The minimum Gasteiger partial charge on any atom is -0.465 e. The molecule has 0 N–H and O–H groups in total. The van der Waals surface area contributed by atoms with Crippen LogP contribution in [0.5, 0.6) is 0 Å². The summed E-state index contributed by atoms with van der Waals surface area (Å²) >= 11 is 1.29. The molecule has 0 bridgehead atoms. The van der Waals surface area contributed by atoms with E-state index in [1.807, 2.05) is 6.07 Å². The minimum atomic E-state index is -0.368. The fourth-order valence-corrected chi connectivity index (χ4v) is 3.22. The van der Waals surface area contributed by atoms with Crippen LogP contribution in [0.2, 0.25) is 0 Å². The fourth-order valence-electron chi connectivity index (χ4n) is 2.28. The van der Waals surface area contributed by atoms with Gasteiger partial charge in [-0.1, -0.05) is 6.08 Å². The van der Waals surface area contributed by atoms with Crippen LogP contribution in [-0.4, -0.2) is 35.6 Å². The van der Waals surface area contributed by atoms with Gasteiger partial charge in [-0.3, -0.25) is 9.69 Å². The van der Waals surface area contributed by atoms with Crippen molar-refractivity contribution in [2.45, 2.75) is 6.92 Å². The lowest BCUT2D eigenvalue weighted by molar-refractivity contribution is -0.121. The van der Waals surface area contributed by atoms with Crippen molar-refractivity contribution in [3.05, 3.63) is 71.0 Å². The molecular formula is C20H18N2O4S. The van der Waals surface area contributed by atoms with Crippen LogP contribution in [-0.2, 0) is 9.53 Å². The molecule has 1 aromatic heterocycles. The zero-order valence-electron chi connectivity index (χ0n) is 14.9. The van der Waals surface area contributed by atoms with Crippen molar-refractivity contribution in [2.75, 3.05) is 13.7 Å². The Kier molecular flexibility index (Phi) is 5.93. The van der Waals surface area contributed by atoms with Gasteiger partial charge in [0.05, 0.1) is 29.0 Å². The van der Waals surface area contributed by atoms with Gasteiger partial charge >= 0.3 is 5.97 Å². The summed E-state index contributed by atoms with van der Waals surface area (Å²) in [5.41, 5.74) is 1.12. The molecule has 2 heterocycles. The Bertz CT molecular complexity index is 912. The van der Waals surface area contributed by atoms with E-state index in [0.717, 1.165) is 0 Å². The quantitative estimate of drug-likeness (QED) is 0.571. The molecule has 27 heavy (non-hydrogen) atoms. The van der Waals surface area contributed by atoms with E-state index in [-0.39, 0.29) is 11.9 Å². The molecule has 2 aromatic rings. The SMILES string of the molecule is CCOC(=O)c1ccc(N=C2SC(=CC=Cc3ccco3)C(=O)N2C)cc1. The number of thioether (sulfide) groups is 1. The Morgan fingerprint density at radius 1 is 1.30 bits per heavy atom. The second-order valence-electron chi connectivity index (χ2n) is 5.53. The van der Waals surface area contributed by atoms with Crippen LogP contribution in [0.25, 0.3) is 6.08 Å². The predicted octanol–water partition coefficient (Wildman–Crippen LogP) is 4.25. The summed E-state index contributed by atoms with van der Waals surface area (Å²) in [5, 5.41) is 0.571. The lowest BCUT2D eigenvalue weighted by atomic mass is 10.2. The summed E-state index contributed by atoms with van der Waals surface area (Å²) < 4.78 is 10.2. The second-order valence-corrected chi connectivity index (χ2v) is 6.54. The molecule has 138 valence electrons. The number of carbonyl (C=O) groups excluding carboxylic acids is 2. The van der Waals surface area contributed by atoms with Crippen LogP contribution in [0.15, 0.2) is 69.1 Å². The molecule has 0 atom stereocenters. The highest BCUT2D eigenvalue weighted by atomic mass is 32.2. The van der Waals surface area contributed by atoms with Crippen molar-refractivity contribution >= 4 is 40.6 Å². The highest BCUT2D eigenvalue weighted by Gasteiger charge is 2.29. The van der Waals surface area contributed by atoms with Gasteiger partial charge in [0, 0.05) is 7.05 Å². The Labute approximate surface area is 161 Å². The highest BCUT2D eigenvalue weighted by molar-refractivity contribution is 8.18. The number of amides is 1. The third-order valence-electron chi connectivity index (χ3n) is 3.66. The number of nitrogens with zero attached hydrogens (tertiary/aromatic N) is 2. The number of benzene rings is 1. The first-order chi connectivity index (χ1) is 13.1. The summed E-state index contributed by atoms with van der Waals surface area (Å²) in [7, 11) is 1.68. The molecule has 0 aliphatic carbocycles. The number of amidine groups is 1. The van der Waals surface area contributed by atoms with E-state index in [1.54, 1.807) is 68.8 Å². The van der Waals surface area contributed by atoms with E-state index < -0.39 is 0 Å². The number of ether oxygens (including phenoxy) is 1. The summed E-state index contributed by atoms with van der Waals surface area (Å²) in [5.74, 6) is 0.227. The first-order valence-corrected chi connectivity index (χ1v) is 9.14. The standard InChI is InChI=1S/C20H18N2O4S/c1-3-25-19(24)14-9-11-15(12-10-14)21-20-22(2)18(23)17(27-20)8-4-6-16-7-5-13-26-16/h4-13H,3H2,1-2H3. The number of hydrogen-bond acceptors (Lipinski definition) is 6. The first kappa shape index (κ1) is 18.7. The zero-order chi connectivity index (χ0) is 19.2. The zero-order valence-corrected chi connectivity index (χ0v) is 15.7. The highest BCUT2D eigenvalue weighted by Crippen LogP contribution is 2.31. The number of aliphatic imine (C=N–C) groups is 1. The van der Waals surface area contributed by atoms with E-state index >= 15 is 0 Å². The van der Waals surface area contributed by atoms with Gasteiger partial charge < -0.3 is 9.15 Å². The Morgan fingerprint density at radius 2 is 2.07 bits per heavy atom. The molecule has 0 radical (unpaired) electrons. The minimum absolute atomic E-state index is 0.119. The van der Waals surface area contributed by atoms with Crippen LogP contribution in [0.1, 0.15) is 23.0 Å². The number of likely N-dealkylation sites (N-methyl/N-ethyl adjacent to an activating group) is 1. The predicted molar refractivity (Wildman–Crippen MR) is 106 cm³/mol. The van der Waals surface area contributed by atoms with E-state index in [1.165, 1.54) is 16.7 Å². The average Bonchev–Trinajstić information content (AvgIpc) is 3.27. The van der Waals surface area contributed by atoms with Crippen molar-refractivity contribution in [1.29, 1.82) is 0 Å². The maximum Gasteiger partial charge on any atom is 0.338 e. The first-order valence-electron chi connectivity index (χ1n) is 8.32. The molecule has 6 nitrogen and oxygen atoms in total. The van der Waals surface area contributed by atoms with Crippen molar-refractivity contribution in [2.24, 2.45) is 4.99 Å². The van der Waals surface area contributed by atoms with Crippen molar-refractivity contribution < 1.29 is 18.7 Å². The van der Waals surface area contributed by atoms with Gasteiger partial charge in [0.2, 0.25) is 0 Å². The summed E-state index contributed by atoms with van der Waals surface area (Å²) in [6.45, 7) is 2.09. The molecule has 1 saturated heterocycles. The maximum atomic E-state index is 12.4. The molecule has 0 saturated carbocycles. The Hall–Kier alpha value is -3.06. The lowest BCUT2D eigenvalue weighted by Gasteiger charge is -2.07. The fraction of sp³-hybridized carbons (Fsp3) is 0.150. The van der Waals surface area contributed by atoms with Gasteiger partial charge in [-0.2, -0.15) is 0 Å². The molecule has 3 rings (SSSR count). The van der Waals surface area contributed by atoms with Gasteiger partial charge in [0.1, 0.15) is 5.76 Å². The van der Waals surface area contributed by atoms with E-state index in [4.69, 9.17) is 9.15 Å². The van der Waals surface area contributed by atoms with Gasteiger partial charge in [0.15, 0.2) is 5.17 Å². The van der Waals surface area contributed by atoms with Gasteiger partial charge in [-0.15, -0.1) is 0 Å². The van der Waals surface area contributed by atoms with Crippen LogP contribution in [0, 0.1) is 0 Å². The van der Waals surface area contributed by atoms with Gasteiger partial charge in [0.25, 0.3) is 5.91 Å². The van der Waals surface area contributed by atoms with Crippen LogP contribution in [0.4, 0.5) is 5.69 Å². The maximum absolute atomic E-state index is 12.4. The number of hydrogen-bond donors (Lipinski definition) is 0. The Balaban J connectivity index is 1.73. The number of furan rings is 1. The lowest BCUT2D eigenvalue weighted by Crippen LogP contribution is -2.23. The van der Waals surface area contributed by atoms with E-state index in [2.05, 4.69) is 4.99 Å². The number of allylic oxidation sites excluding steroid dienone is 2. The summed E-state index contributed by atoms with van der Waals surface area (Å²) in [6.07, 6.45) is 6.88. The summed E-state index contributed by atoms with van der Waals surface area (Å²) in [4.78, 5) is 30.6. The van der Waals surface area contributed by atoms with E-state index in [9.17, 15) is 9.59 Å². The smallest absolute Gasteiger partial charge is 0.338 e. The molecule has 1 aliphatic rings. The molecule has 7 heteroatoms. The molecule has 0 unspecified atom stereocenters. The molecule has 1 aliphatic heterocycles. The normalized spacial score (nSPS) is 17.4. The van der Waals surface area contributed by atoms with Crippen LogP contribution < -0.4 is 0 Å². The van der Waals surface area contributed by atoms with Crippen molar-refractivity contribution in [1.82, 2.24) is 4.90 Å². The third-order valence-corrected chi connectivity index (χ3v) is 4.74. The summed E-state index contributed by atoms with van der Waals surface area (Å²) in [6, 6.07) is 10.4. The molecule has 1 fully saturated rings. The Morgan fingerprint density at radius 3 is 2.74 bits per heavy atom. The molecule has 1 amide bonds. The molecule has 0 spiro atoms. The van der Waals surface area contributed by atoms with Gasteiger partial charge in [-0.05, 0) is 67.2 Å². The van der Waals surface area contributed by atoms with Crippen LogP contribution >= 0.6 is 11.8 Å². The van der Waals surface area contributed by atoms with Crippen molar-refractivity contribution in [3.8, 4) is 0 Å². The number of esters is 1. The van der Waals surface area contributed by atoms with Crippen LogP contribution in [0.3, 0.4) is 0 Å². The van der Waals surface area contributed by atoms with Gasteiger partial charge in [-0.25, -0.2) is 9.79 Å². The topological polar surface area (TPSA) is 72.1 Å². The second kappa shape index (κ2) is 8.55. The monoisotopic (exact) mass is 382 g/mol. The molecule has 1 aromatic carbocycles. The van der Waals surface area contributed by atoms with Crippen molar-refractivity contribution in [3.63, 3.8) is 0 Å². The number of carbonyl (C=O) groups is 2. The third kappa shape index (κ3) is 4.57. The molecular weight excluding hydrogens is 364 g/mol. The number of rotatable bonds is 5.